The van der Waals surface area contributed by atoms with Crippen molar-refractivity contribution in [2.45, 2.75) is 32.6 Å². The molecule has 0 heterocycles. The van der Waals surface area contributed by atoms with Crippen molar-refractivity contribution in [2.75, 3.05) is 0 Å². The van der Waals surface area contributed by atoms with Crippen molar-refractivity contribution in [1.82, 2.24) is 0 Å². The van der Waals surface area contributed by atoms with Crippen LogP contribution < -0.4 is 21.2 Å². The molecule has 74 valence electrons. The summed E-state index contributed by atoms with van der Waals surface area (Å²) in [5, 5.41) is 0. The fourth-order valence-electron chi connectivity index (χ4n) is 1.08. The summed E-state index contributed by atoms with van der Waals surface area (Å²) in [6.07, 6.45) is 4.95. The zero-order chi connectivity index (χ0) is 10.1. The van der Waals surface area contributed by atoms with E-state index < -0.39 is 0 Å². The lowest BCUT2D eigenvalue weighted by Crippen LogP contribution is -3.59. The second-order valence-corrected chi connectivity index (χ2v) is 5.44. The maximum Gasteiger partial charge on any atom is 0.419 e. The molecule has 14 heavy (non-hydrogen) atoms. The minimum atomic E-state index is -0.0566. The van der Waals surface area contributed by atoms with Crippen molar-refractivity contribution in [3.8, 4) is 9.85 Å². The third-order valence-electron chi connectivity index (χ3n) is 1.86. The molecule has 0 unspecified atom stereocenters. The predicted molar refractivity (Wildman–Crippen MR) is 57.1 cm³/mol. The molecule has 1 rings (SSSR count). The molecular formula is C13H16I+. The molecule has 0 nitrogen and oxygen atoms in total. The quantitative estimate of drug-likeness (QED) is 0.431. The highest BCUT2D eigenvalue weighted by Crippen LogP contribution is 1.95. The van der Waals surface area contributed by atoms with Crippen LogP contribution in [0.25, 0.3) is 0 Å². The van der Waals surface area contributed by atoms with E-state index in [-0.39, 0.29) is 21.2 Å². The molecule has 0 atom stereocenters. The zero-order valence-corrected chi connectivity index (χ0v) is 10.8. The molecule has 0 amide bonds. The van der Waals surface area contributed by atoms with Crippen molar-refractivity contribution in [1.29, 1.82) is 0 Å². The third kappa shape index (κ3) is 5.29. The minimum Gasteiger partial charge on any atom is -0.0654 e. The van der Waals surface area contributed by atoms with Gasteiger partial charge in [0.2, 0.25) is 3.57 Å². The molecule has 0 spiro atoms. The van der Waals surface area contributed by atoms with E-state index in [0.29, 0.717) is 0 Å². The Bertz CT molecular complexity index is 292. The molecule has 0 aliphatic carbocycles. The van der Waals surface area contributed by atoms with Crippen molar-refractivity contribution in [2.24, 2.45) is 0 Å². The van der Waals surface area contributed by atoms with E-state index in [1.54, 1.807) is 0 Å². The summed E-state index contributed by atoms with van der Waals surface area (Å²) in [6.45, 7) is 2.23. The van der Waals surface area contributed by atoms with E-state index in [1.807, 2.05) is 0 Å². The Labute approximate surface area is 97.4 Å². The largest absolute Gasteiger partial charge is 0.419 e. The van der Waals surface area contributed by atoms with Crippen LogP contribution in [0.1, 0.15) is 32.6 Å². The smallest absolute Gasteiger partial charge is 0.0654 e. The first-order valence-electron chi connectivity index (χ1n) is 5.10. The minimum absolute atomic E-state index is 0.0566. The Kier molecular flexibility index (Phi) is 6.51. The maximum absolute atomic E-state index is 3.32. The van der Waals surface area contributed by atoms with Crippen LogP contribution in [0.5, 0.6) is 0 Å². The molecule has 0 aliphatic rings. The first kappa shape index (κ1) is 11.6. The van der Waals surface area contributed by atoms with E-state index in [1.165, 1.54) is 22.8 Å². The fourth-order valence-corrected chi connectivity index (χ4v) is 2.62. The van der Waals surface area contributed by atoms with Gasteiger partial charge in [-0.1, -0.05) is 38.0 Å². The molecule has 0 N–H and O–H groups in total. The Hall–Kier alpha value is -0.490. The van der Waals surface area contributed by atoms with Gasteiger partial charge in [0, 0.05) is 6.42 Å². The molecule has 0 aliphatic heterocycles. The molecule has 0 aromatic heterocycles. The molecule has 1 aromatic carbocycles. The summed E-state index contributed by atoms with van der Waals surface area (Å²) in [5.41, 5.74) is 0. The Morgan fingerprint density at radius 2 is 1.93 bits per heavy atom. The summed E-state index contributed by atoms with van der Waals surface area (Å²) < 4.78 is 4.75. The number of hydrogen-bond donors (Lipinski definition) is 0. The first-order valence-corrected chi connectivity index (χ1v) is 7.26. The summed E-state index contributed by atoms with van der Waals surface area (Å²) in [6, 6.07) is 10.6. The van der Waals surface area contributed by atoms with Crippen LogP contribution in [-0.2, 0) is 0 Å². The third-order valence-corrected chi connectivity index (χ3v) is 3.85. The lowest BCUT2D eigenvalue weighted by atomic mass is 10.2. The molecular weight excluding hydrogens is 283 g/mol. The van der Waals surface area contributed by atoms with Gasteiger partial charge in [-0.15, -0.1) is 0 Å². The monoisotopic (exact) mass is 299 g/mol. The van der Waals surface area contributed by atoms with Gasteiger partial charge in [-0.25, -0.2) is 0 Å². The number of hydrogen-bond acceptors (Lipinski definition) is 0. The summed E-state index contributed by atoms with van der Waals surface area (Å²) in [5.74, 6) is 3.27. The molecule has 0 saturated carbocycles. The van der Waals surface area contributed by atoms with Gasteiger partial charge < -0.3 is 0 Å². The average molecular weight is 299 g/mol. The summed E-state index contributed by atoms with van der Waals surface area (Å²) >= 11 is -0.0566. The topological polar surface area (TPSA) is 0 Å². The van der Waals surface area contributed by atoms with Gasteiger partial charge in [-0.2, -0.15) is 0 Å². The first-order chi connectivity index (χ1) is 6.93. The highest BCUT2D eigenvalue weighted by atomic mass is 127. The standard InChI is InChI=1S/C13H16I/c1-2-3-4-5-9-12-14-13-10-7-6-8-11-13/h6-8,10-11H,2-5H2,1H3/q+1. The number of unbranched alkanes of at least 4 members (excludes halogenated alkanes) is 3. The van der Waals surface area contributed by atoms with E-state index >= 15 is 0 Å². The van der Waals surface area contributed by atoms with E-state index in [4.69, 9.17) is 0 Å². The number of rotatable bonds is 4. The summed E-state index contributed by atoms with van der Waals surface area (Å²) in [4.78, 5) is 0. The normalized spacial score (nSPS) is 9.21. The van der Waals surface area contributed by atoms with Gasteiger partial charge in [0.05, 0.1) is 0 Å². The van der Waals surface area contributed by atoms with E-state index in [0.717, 1.165) is 6.42 Å². The van der Waals surface area contributed by atoms with Crippen LogP contribution in [-0.4, -0.2) is 0 Å². The van der Waals surface area contributed by atoms with Gasteiger partial charge in [-0.05, 0) is 24.5 Å². The highest BCUT2D eigenvalue weighted by Gasteiger charge is 2.05. The highest BCUT2D eigenvalue weighted by molar-refractivity contribution is 5.00. The van der Waals surface area contributed by atoms with Crippen LogP contribution >= 0.6 is 0 Å². The molecule has 0 bridgehead atoms. The van der Waals surface area contributed by atoms with Crippen LogP contribution in [0.3, 0.4) is 0 Å². The second kappa shape index (κ2) is 7.87. The Balaban J connectivity index is 2.20. The van der Waals surface area contributed by atoms with Crippen LogP contribution in [0.15, 0.2) is 30.3 Å². The van der Waals surface area contributed by atoms with Gasteiger partial charge in [-0.3, -0.25) is 0 Å². The van der Waals surface area contributed by atoms with Crippen molar-refractivity contribution < 1.29 is 21.2 Å². The number of benzene rings is 1. The molecule has 1 heteroatoms. The van der Waals surface area contributed by atoms with Crippen LogP contribution in [0.2, 0.25) is 0 Å². The van der Waals surface area contributed by atoms with Crippen LogP contribution in [0, 0.1) is 13.4 Å². The number of halogens is 1. The second-order valence-electron chi connectivity index (χ2n) is 3.12. The SMILES string of the molecule is CCCCCC#C[I+]c1ccccc1. The summed E-state index contributed by atoms with van der Waals surface area (Å²) in [7, 11) is 0. The Morgan fingerprint density at radius 3 is 2.64 bits per heavy atom. The molecule has 1 aromatic rings. The Morgan fingerprint density at radius 1 is 1.14 bits per heavy atom. The van der Waals surface area contributed by atoms with Gasteiger partial charge in [0.25, 0.3) is 0 Å². The lowest BCUT2D eigenvalue weighted by molar-refractivity contribution is -0.535. The van der Waals surface area contributed by atoms with Gasteiger partial charge in [0.15, 0.2) is 3.93 Å². The lowest BCUT2D eigenvalue weighted by Gasteiger charge is -1.86. The van der Waals surface area contributed by atoms with Crippen molar-refractivity contribution in [3.63, 3.8) is 0 Å². The maximum atomic E-state index is 3.32. The predicted octanol–water partition coefficient (Wildman–Crippen LogP) is 0.486. The molecule has 0 fully saturated rings. The van der Waals surface area contributed by atoms with Crippen molar-refractivity contribution in [3.05, 3.63) is 33.9 Å². The fraction of sp³-hybridized carbons (Fsp3) is 0.385. The van der Waals surface area contributed by atoms with E-state index in [9.17, 15) is 0 Å². The molecule has 0 radical (unpaired) electrons. The van der Waals surface area contributed by atoms with Crippen LogP contribution in [0.4, 0.5) is 0 Å². The van der Waals surface area contributed by atoms with Gasteiger partial charge in [0.1, 0.15) is 0 Å². The zero-order valence-electron chi connectivity index (χ0n) is 8.59. The van der Waals surface area contributed by atoms with Gasteiger partial charge >= 0.3 is 21.2 Å². The van der Waals surface area contributed by atoms with E-state index in [2.05, 4.69) is 47.1 Å². The molecule has 0 saturated heterocycles. The average Bonchev–Trinajstić information content (AvgIpc) is 2.25. The van der Waals surface area contributed by atoms with Crippen molar-refractivity contribution >= 4 is 0 Å².